The van der Waals surface area contributed by atoms with Crippen molar-refractivity contribution in [1.82, 2.24) is 5.32 Å². The molecule has 3 heteroatoms. The minimum absolute atomic E-state index is 0.355. The highest BCUT2D eigenvalue weighted by Gasteiger charge is 2.19. The molecule has 22 heavy (non-hydrogen) atoms. The molecule has 2 aliphatic rings. The molecule has 1 amide bonds. The van der Waals surface area contributed by atoms with Crippen LogP contribution in [0.25, 0.3) is 0 Å². The zero-order valence-electron chi connectivity index (χ0n) is 12.9. The Hall–Kier alpha value is -2.29. The predicted octanol–water partition coefficient (Wildman–Crippen LogP) is 2.88. The number of aryl methyl sites for hydroxylation is 1. The molecule has 0 radical (unpaired) electrons. The molecule has 0 bridgehead atoms. The van der Waals surface area contributed by atoms with Crippen molar-refractivity contribution >= 4 is 5.91 Å². The van der Waals surface area contributed by atoms with Gasteiger partial charge in [0.1, 0.15) is 0 Å². The first-order valence-corrected chi connectivity index (χ1v) is 7.86. The Morgan fingerprint density at radius 1 is 1.27 bits per heavy atom. The number of rotatable bonds is 3. The zero-order valence-corrected chi connectivity index (χ0v) is 12.9. The summed E-state index contributed by atoms with van der Waals surface area (Å²) in [6, 6.07) is 6.22. The van der Waals surface area contributed by atoms with Gasteiger partial charge in [0, 0.05) is 17.3 Å². The van der Waals surface area contributed by atoms with E-state index >= 15 is 0 Å². The van der Waals surface area contributed by atoms with Gasteiger partial charge in [0.05, 0.1) is 0 Å². The molecule has 3 N–H and O–H groups in total. The number of benzene rings is 1. The Kier molecular flexibility index (Phi) is 4.14. The fourth-order valence-electron chi connectivity index (χ4n) is 3.08. The standard InChI is InChI=1S/C19H22N2O/c1-13-3-2-4-17(9-5-13)21-18-10-8-14-6-7-15(19(20)22)11-16(14)12-18/h2-7,9,11,13,18,21H,8,10,12H2,1H3,(H2,20,22). The van der Waals surface area contributed by atoms with Gasteiger partial charge in [0.2, 0.25) is 5.91 Å². The van der Waals surface area contributed by atoms with Crippen LogP contribution in [0.4, 0.5) is 0 Å². The van der Waals surface area contributed by atoms with Crippen LogP contribution >= 0.6 is 0 Å². The van der Waals surface area contributed by atoms with Gasteiger partial charge in [-0.05, 0) is 60.6 Å². The van der Waals surface area contributed by atoms with E-state index in [2.05, 4.69) is 42.6 Å². The normalized spacial score (nSPS) is 23.4. The zero-order chi connectivity index (χ0) is 15.5. The number of allylic oxidation sites excluding steroid dienone is 5. The van der Waals surface area contributed by atoms with Gasteiger partial charge in [-0.15, -0.1) is 0 Å². The van der Waals surface area contributed by atoms with E-state index in [1.54, 1.807) is 0 Å². The first kappa shape index (κ1) is 14.6. The summed E-state index contributed by atoms with van der Waals surface area (Å²) in [4.78, 5) is 11.3. The monoisotopic (exact) mass is 294 g/mol. The lowest BCUT2D eigenvalue weighted by Gasteiger charge is -2.27. The van der Waals surface area contributed by atoms with Gasteiger partial charge in [-0.3, -0.25) is 4.79 Å². The fraction of sp³-hybridized carbons (Fsp3) is 0.316. The Morgan fingerprint density at radius 2 is 2.14 bits per heavy atom. The third-order valence-electron chi connectivity index (χ3n) is 4.36. The van der Waals surface area contributed by atoms with Crippen LogP contribution in [0.2, 0.25) is 0 Å². The minimum Gasteiger partial charge on any atom is -0.382 e. The molecule has 3 nitrogen and oxygen atoms in total. The van der Waals surface area contributed by atoms with E-state index in [9.17, 15) is 4.79 Å². The summed E-state index contributed by atoms with van der Waals surface area (Å²) in [7, 11) is 0. The number of hydrogen-bond acceptors (Lipinski definition) is 2. The SMILES string of the molecule is CC1C=CC=C(NC2CCc3ccc(C(N)=O)cc3C2)C=C1. The van der Waals surface area contributed by atoms with E-state index in [4.69, 9.17) is 5.73 Å². The van der Waals surface area contributed by atoms with Gasteiger partial charge < -0.3 is 11.1 Å². The maximum absolute atomic E-state index is 11.3. The Balaban J connectivity index is 1.72. The maximum atomic E-state index is 11.3. The molecule has 2 atom stereocenters. The molecular weight excluding hydrogens is 272 g/mol. The van der Waals surface area contributed by atoms with Crippen molar-refractivity contribution in [3.05, 3.63) is 71.0 Å². The van der Waals surface area contributed by atoms with Crippen LogP contribution in [0.15, 0.2) is 54.3 Å². The number of nitrogens with one attached hydrogen (secondary N) is 1. The van der Waals surface area contributed by atoms with Gasteiger partial charge in [0.25, 0.3) is 0 Å². The molecule has 0 aromatic heterocycles. The highest BCUT2D eigenvalue weighted by atomic mass is 16.1. The number of amides is 1. The summed E-state index contributed by atoms with van der Waals surface area (Å²) in [5.41, 5.74) is 9.71. The van der Waals surface area contributed by atoms with Crippen LogP contribution in [0.1, 0.15) is 34.8 Å². The largest absolute Gasteiger partial charge is 0.382 e. The second-order valence-corrected chi connectivity index (χ2v) is 6.16. The summed E-state index contributed by atoms with van der Waals surface area (Å²) in [5, 5.41) is 3.61. The summed E-state index contributed by atoms with van der Waals surface area (Å²) < 4.78 is 0. The van der Waals surface area contributed by atoms with Crippen LogP contribution in [0.3, 0.4) is 0 Å². The predicted molar refractivity (Wildman–Crippen MR) is 89.4 cm³/mol. The average molecular weight is 294 g/mol. The maximum Gasteiger partial charge on any atom is 0.248 e. The minimum atomic E-state index is -0.355. The average Bonchev–Trinajstić information content (AvgIpc) is 2.71. The van der Waals surface area contributed by atoms with Crippen molar-refractivity contribution in [2.24, 2.45) is 11.7 Å². The lowest BCUT2D eigenvalue weighted by atomic mass is 9.87. The van der Waals surface area contributed by atoms with E-state index in [0.29, 0.717) is 17.5 Å². The van der Waals surface area contributed by atoms with Crippen molar-refractivity contribution in [3.8, 4) is 0 Å². The highest BCUT2D eigenvalue weighted by molar-refractivity contribution is 5.93. The lowest BCUT2D eigenvalue weighted by molar-refractivity contribution is 0.1000. The first-order chi connectivity index (χ1) is 10.6. The molecule has 1 aromatic carbocycles. The smallest absolute Gasteiger partial charge is 0.248 e. The van der Waals surface area contributed by atoms with E-state index in [-0.39, 0.29) is 5.91 Å². The molecule has 0 saturated carbocycles. The number of nitrogens with two attached hydrogens (primary N) is 1. The van der Waals surface area contributed by atoms with Crippen molar-refractivity contribution in [3.63, 3.8) is 0 Å². The van der Waals surface area contributed by atoms with Gasteiger partial charge >= 0.3 is 0 Å². The third-order valence-corrected chi connectivity index (χ3v) is 4.36. The van der Waals surface area contributed by atoms with E-state index < -0.39 is 0 Å². The van der Waals surface area contributed by atoms with Gasteiger partial charge in [-0.1, -0.05) is 31.2 Å². The molecule has 0 heterocycles. The van der Waals surface area contributed by atoms with Crippen LogP contribution < -0.4 is 11.1 Å². The number of primary amides is 1. The Morgan fingerprint density at radius 3 is 2.95 bits per heavy atom. The molecule has 114 valence electrons. The third kappa shape index (κ3) is 3.30. The highest BCUT2D eigenvalue weighted by Crippen LogP contribution is 2.23. The van der Waals surface area contributed by atoms with Gasteiger partial charge in [-0.2, -0.15) is 0 Å². The first-order valence-electron chi connectivity index (χ1n) is 7.86. The Labute approximate surface area is 131 Å². The summed E-state index contributed by atoms with van der Waals surface area (Å²) >= 11 is 0. The number of fused-ring (bicyclic) bond motifs is 1. The molecule has 0 spiro atoms. The van der Waals surface area contributed by atoms with Crippen molar-refractivity contribution in [2.75, 3.05) is 0 Å². The topological polar surface area (TPSA) is 55.1 Å². The van der Waals surface area contributed by atoms with Gasteiger partial charge in [0.15, 0.2) is 0 Å². The molecule has 0 fully saturated rings. The van der Waals surface area contributed by atoms with Crippen LogP contribution in [-0.2, 0) is 12.8 Å². The number of hydrogen-bond donors (Lipinski definition) is 2. The fourth-order valence-corrected chi connectivity index (χ4v) is 3.08. The molecule has 2 unspecified atom stereocenters. The van der Waals surface area contributed by atoms with Gasteiger partial charge in [-0.25, -0.2) is 0 Å². The molecular formula is C19H22N2O. The van der Waals surface area contributed by atoms with Crippen molar-refractivity contribution < 1.29 is 4.79 Å². The molecule has 0 saturated heterocycles. The Bertz CT molecular complexity index is 670. The quantitative estimate of drug-likeness (QED) is 0.900. The molecule has 0 aliphatic heterocycles. The summed E-state index contributed by atoms with van der Waals surface area (Å²) in [5.74, 6) is 0.118. The molecule has 3 rings (SSSR count). The van der Waals surface area contributed by atoms with E-state index in [1.807, 2.05) is 18.2 Å². The van der Waals surface area contributed by atoms with E-state index in [0.717, 1.165) is 25.0 Å². The molecule has 2 aliphatic carbocycles. The number of carbonyl (C=O) groups excluding carboxylic acids is 1. The van der Waals surface area contributed by atoms with Crippen LogP contribution in [0.5, 0.6) is 0 Å². The lowest BCUT2D eigenvalue weighted by Crippen LogP contribution is -2.33. The van der Waals surface area contributed by atoms with E-state index in [1.165, 1.54) is 11.1 Å². The van der Waals surface area contributed by atoms with Crippen LogP contribution in [0, 0.1) is 5.92 Å². The second kappa shape index (κ2) is 6.22. The summed E-state index contributed by atoms with van der Waals surface area (Å²) in [6.45, 7) is 2.17. The molecule has 1 aromatic rings. The van der Waals surface area contributed by atoms with Crippen molar-refractivity contribution in [1.29, 1.82) is 0 Å². The second-order valence-electron chi connectivity index (χ2n) is 6.16. The summed E-state index contributed by atoms with van der Waals surface area (Å²) in [6.07, 6.45) is 13.8. The number of carbonyl (C=O) groups is 1. The van der Waals surface area contributed by atoms with Crippen molar-refractivity contribution in [2.45, 2.75) is 32.2 Å². The van der Waals surface area contributed by atoms with Crippen LogP contribution in [-0.4, -0.2) is 11.9 Å².